The van der Waals surface area contributed by atoms with Gasteiger partial charge in [0, 0.05) is 61.6 Å². The van der Waals surface area contributed by atoms with Crippen LogP contribution < -0.4 is 15.5 Å². The molecule has 1 fully saturated rings. The molecule has 1 aliphatic rings. The number of para-hydroxylation sites is 1. The molecule has 0 aliphatic carbocycles. The minimum absolute atomic E-state index is 0.256. The van der Waals surface area contributed by atoms with Gasteiger partial charge in [0.15, 0.2) is 0 Å². The van der Waals surface area contributed by atoms with Gasteiger partial charge in [0.05, 0.1) is 11.3 Å². The third kappa shape index (κ3) is 4.08. The lowest BCUT2D eigenvalue weighted by Crippen LogP contribution is -2.47. The van der Waals surface area contributed by atoms with Gasteiger partial charge in [0.2, 0.25) is 5.95 Å². The number of hydrogen-bond acceptors (Lipinski definition) is 7. The lowest BCUT2D eigenvalue weighted by atomic mass is 10.1. The zero-order valence-electron chi connectivity index (χ0n) is 16.8. The van der Waals surface area contributed by atoms with E-state index in [0.717, 1.165) is 60.1 Å². The highest BCUT2D eigenvalue weighted by atomic mass is 15.3. The van der Waals surface area contributed by atoms with Crippen LogP contribution in [0.1, 0.15) is 22.4 Å². The molecule has 0 spiro atoms. The molecule has 150 valence electrons. The first kappa shape index (κ1) is 19.4. The maximum Gasteiger partial charge on any atom is 0.222 e. The molecule has 7 nitrogen and oxygen atoms in total. The Hall–Kier alpha value is -3.92. The first-order valence-electron chi connectivity index (χ1n) is 9.81. The Bertz CT molecular complexity index is 1110. The van der Waals surface area contributed by atoms with E-state index in [2.05, 4.69) is 42.7 Å². The molecule has 0 amide bonds. The molecule has 0 saturated carbocycles. The molecule has 3 heterocycles. The van der Waals surface area contributed by atoms with Gasteiger partial charge < -0.3 is 20.9 Å². The van der Waals surface area contributed by atoms with Crippen LogP contribution in [0.15, 0.2) is 48.8 Å². The number of aromatic nitrogens is 3. The van der Waals surface area contributed by atoms with E-state index in [1.54, 1.807) is 12.4 Å². The molecule has 4 rings (SSSR count). The molecule has 0 atom stereocenters. The van der Waals surface area contributed by atoms with Crippen molar-refractivity contribution < 1.29 is 0 Å². The van der Waals surface area contributed by atoms with Gasteiger partial charge in [-0.25, -0.2) is 4.98 Å². The second-order valence-electron chi connectivity index (χ2n) is 7.03. The van der Waals surface area contributed by atoms with Crippen molar-refractivity contribution in [2.24, 2.45) is 0 Å². The molecule has 2 aromatic heterocycles. The highest BCUT2D eigenvalue weighted by Gasteiger charge is 2.23. The van der Waals surface area contributed by atoms with Gasteiger partial charge in [-0.2, -0.15) is 4.98 Å². The van der Waals surface area contributed by atoms with Crippen molar-refractivity contribution in [3.63, 3.8) is 0 Å². The van der Waals surface area contributed by atoms with Gasteiger partial charge >= 0.3 is 0 Å². The number of anilines is 3. The third-order valence-corrected chi connectivity index (χ3v) is 5.09. The van der Waals surface area contributed by atoms with E-state index in [1.165, 1.54) is 6.21 Å². The number of nitrogens with one attached hydrogen (secondary N) is 1. The molecular weight excluding hydrogens is 374 g/mol. The van der Waals surface area contributed by atoms with E-state index in [9.17, 15) is 0 Å². The van der Waals surface area contributed by atoms with Gasteiger partial charge in [-0.05, 0) is 25.1 Å². The average molecular weight is 397 g/mol. The summed E-state index contributed by atoms with van der Waals surface area (Å²) in [6.07, 6.45) is 4.87. The van der Waals surface area contributed by atoms with Crippen molar-refractivity contribution in [3.8, 4) is 11.8 Å². The summed E-state index contributed by atoms with van der Waals surface area (Å²) in [5, 5.41) is 7.66. The number of nitrogens with two attached hydrogens (primary N) is 1. The van der Waals surface area contributed by atoms with E-state index in [0.29, 0.717) is 0 Å². The van der Waals surface area contributed by atoms with Crippen molar-refractivity contribution in [2.45, 2.75) is 6.92 Å². The minimum atomic E-state index is 0.256. The van der Waals surface area contributed by atoms with Crippen molar-refractivity contribution in [2.75, 3.05) is 41.7 Å². The normalized spacial score (nSPS) is 13.5. The van der Waals surface area contributed by atoms with Gasteiger partial charge in [-0.15, -0.1) is 0 Å². The molecule has 0 bridgehead atoms. The lowest BCUT2D eigenvalue weighted by molar-refractivity contribution is 0.646. The Morgan fingerprint density at radius 3 is 2.50 bits per heavy atom. The molecule has 1 aromatic carbocycles. The number of benzene rings is 1. The predicted octanol–water partition coefficient (Wildman–Crippen LogP) is 2.49. The number of nitrogen functional groups attached to an aromatic ring is 1. The smallest absolute Gasteiger partial charge is 0.222 e. The molecule has 0 radical (unpaired) electrons. The number of nitrogens with zero attached hydrogens (tertiary/aromatic N) is 5. The van der Waals surface area contributed by atoms with Crippen LogP contribution in [0.25, 0.3) is 0 Å². The van der Waals surface area contributed by atoms with E-state index < -0.39 is 0 Å². The highest BCUT2D eigenvalue weighted by molar-refractivity contribution is 5.86. The molecule has 1 saturated heterocycles. The van der Waals surface area contributed by atoms with Crippen molar-refractivity contribution in [3.05, 3.63) is 71.2 Å². The van der Waals surface area contributed by atoms with Crippen molar-refractivity contribution in [1.82, 2.24) is 15.0 Å². The Labute approximate surface area is 176 Å². The molecule has 30 heavy (non-hydrogen) atoms. The van der Waals surface area contributed by atoms with Crippen molar-refractivity contribution in [1.29, 1.82) is 5.41 Å². The number of piperazine rings is 1. The fourth-order valence-corrected chi connectivity index (χ4v) is 3.58. The summed E-state index contributed by atoms with van der Waals surface area (Å²) in [4.78, 5) is 17.5. The quantitative estimate of drug-likeness (QED) is 0.521. The summed E-state index contributed by atoms with van der Waals surface area (Å²) in [5.41, 5.74) is 10.4. The number of hydrogen-bond donors (Lipinski definition) is 2. The van der Waals surface area contributed by atoms with Crippen LogP contribution >= 0.6 is 0 Å². The number of aryl methyl sites for hydroxylation is 1. The molecular formula is C23H23N7. The molecule has 3 N–H and O–H groups in total. The second-order valence-corrected chi connectivity index (χ2v) is 7.03. The van der Waals surface area contributed by atoms with Crippen LogP contribution in [0.5, 0.6) is 0 Å². The van der Waals surface area contributed by atoms with Crippen LogP contribution in [-0.4, -0.2) is 47.3 Å². The van der Waals surface area contributed by atoms with Gasteiger partial charge in [0.1, 0.15) is 5.82 Å². The summed E-state index contributed by atoms with van der Waals surface area (Å²) < 4.78 is 0. The van der Waals surface area contributed by atoms with Crippen LogP contribution in [0.3, 0.4) is 0 Å². The molecule has 1 aliphatic heterocycles. The molecule has 7 heteroatoms. The zero-order valence-corrected chi connectivity index (χ0v) is 16.8. The fraction of sp³-hybridized carbons (Fsp3) is 0.217. The third-order valence-electron chi connectivity index (χ3n) is 5.09. The Morgan fingerprint density at radius 1 is 1.00 bits per heavy atom. The first-order chi connectivity index (χ1) is 14.7. The summed E-state index contributed by atoms with van der Waals surface area (Å²) in [7, 11) is 0. The topological polar surface area (TPSA) is 95.0 Å². The summed E-state index contributed by atoms with van der Waals surface area (Å²) >= 11 is 0. The zero-order chi connectivity index (χ0) is 20.9. The first-order valence-corrected chi connectivity index (χ1v) is 9.81. The Kier molecular flexibility index (Phi) is 5.57. The summed E-state index contributed by atoms with van der Waals surface area (Å²) in [5.74, 6) is 7.41. The maximum atomic E-state index is 7.66. The Balaban J connectivity index is 1.59. The van der Waals surface area contributed by atoms with Crippen LogP contribution in [-0.2, 0) is 0 Å². The number of pyridine rings is 1. The Morgan fingerprint density at radius 2 is 1.77 bits per heavy atom. The standard InChI is InChI=1S/C23H23N7/c1-17-20(9-8-18-5-4-10-26-16-18)22(28-23(25)27-17)30-13-11-29(12-14-30)21-7-3-2-6-19(21)15-24/h2-7,10,15-16,24H,11-14H2,1H3,(H2,25,27,28). The van der Waals surface area contributed by atoms with Crippen LogP contribution in [0, 0.1) is 24.2 Å². The summed E-state index contributed by atoms with van der Waals surface area (Å²) in [6.45, 7) is 5.12. The predicted molar refractivity (Wildman–Crippen MR) is 120 cm³/mol. The van der Waals surface area contributed by atoms with Crippen molar-refractivity contribution >= 4 is 23.7 Å². The van der Waals surface area contributed by atoms with E-state index in [1.807, 2.05) is 37.3 Å². The van der Waals surface area contributed by atoms with E-state index >= 15 is 0 Å². The van der Waals surface area contributed by atoms with Crippen LogP contribution in [0.2, 0.25) is 0 Å². The van der Waals surface area contributed by atoms with Gasteiger partial charge in [-0.3, -0.25) is 4.98 Å². The fourth-order valence-electron chi connectivity index (χ4n) is 3.58. The minimum Gasteiger partial charge on any atom is -0.368 e. The molecule has 3 aromatic rings. The SMILES string of the molecule is Cc1nc(N)nc(N2CCN(c3ccccc3C=N)CC2)c1C#Cc1cccnc1. The highest BCUT2D eigenvalue weighted by Crippen LogP contribution is 2.25. The van der Waals surface area contributed by atoms with E-state index in [4.69, 9.17) is 11.1 Å². The lowest BCUT2D eigenvalue weighted by Gasteiger charge is -2.37. The average Bonchev–Trinajstić information content (AvgIpc) is 2.79. The largest absolute Gasteiger partial charge is 0.368 e. The van der Waals surface area contributed by atoms with Gasteiger partial charge in [-0.1, -0.05) is 30.0 Å². The second kappa shape index (κ2) is 8.62. The summed E-state index contributed by atoms with van der Waals surface area (Å²) in [6, 6.07) is 11.8. The monoisotopic (exact) mass is 397 g/mol. The molecule has 0 unspecified atom stereocenters. The van der Waals surface area contributed by atoms with Crippen LogP contribution in [0.4, 0.5) is 17.5 Å². The number of rotatable bonds is 3. The van der Waals surface area contributed by atoms with Gasteiger partial charge in [0.25, 0.3) is 0 Å². The van der Waals surface area contributed by atoms with E-state index in [-0.39, 0.29) is 5.95 Å². The maximum absolute atomic E-state index is 7.66.